The fourth-order valence-electron chi connectivity index (χ4n) is 4.02. The van der Waals surface area contributed by atoms with Gasteiger partial charge >= 0.3 is 12.3 Å². The first kappa shape index (κ1) is 26.8. The highest BCUT2D eigenvalue weighted by molar-refractivity contribution is 5.96. The third-order valence-electron chi connectivity index (χ3n) is 6.11. The maximum Gasteiger partial charge on any atom is 0.499 e. The number of alkyl halides is 5. The lowest BCUT2D eigenvalue weighted by molar-refractivity contribution is -0.360. The first-order chi connectivity index (χ1) is 19.1. The highest BCUT2D eigenvalue weighted by Crippen LogP contribution is 2.37. The van der Waals surface area contributed by atoms with Crippen molar-refractivity contribution < 1.29 is 31.5 Å². The molecule has 0 unspecified atom stereocenters. The first-order valence-corrected chi connectivity index (χ1v) is 12.1. The van der Waals surface area contributed by atoms with Crippen molar-refractivity contribution in [3.8, 4) is 22.6 Å². The molecule has 5 rings (SSSR count). The molecular formula is C29H21F5N4O2. The van der Waals surface area contributed by atoms with Crippen LogP contribution in [0.25, 0.3) is 22.4 Å². The van der Waals surface area contributed by atoms with Gasteiger partial charge in [-0.1, -0.05) is 48.5 Å². The van der Waals surface area contributed by atoms with Gasteiger partial charge in [-0.2, -0.15) is 22.0 Å². The lowest BCUT2D eigenvalue weighted by Gasteiger charge is -2.20. The van der Waals surface area contributed by atoms with E-state index in [1.807, 2.05) is 48.5 Å². The maximum atomic E-state index is 13.1. The molecule has 4 aromatic rings. The summed E-state index contributed by atoms with van der Waals surface area (Å²) in [6.07, 6.45) is -5.05. The summed E-state index contributed by atoms with van der Waals surface area (Å²) in [7, 11) is 0. The number of nitrogens with zero attached hydrogens (tertiary/aromatic N) is 3. The molecule has 1 aliphatic rings. The number of rotatable bonds is 7. The minimum atomic E-state index is -5.83. The normalized spacial score (nSPS) is 13.8. The van der Waals surface area contributed by atoms with Crippen LogP contribution in [-0.2, 0) is 0 Å². The van der Waals surface area contributed by atoms with Crippen LogP contribution in [0.2, 0.25) is 0 Å². The van der Waals surface area contributed by atoms with E-state index in [9.17, 15) is 26.7 Å². The van der Waals surface area contributed by atoms with Crippen LogP contribution in [0.5, 0.6) is 5.75 Å². The van der Waals surface area contributed by atoms with E-state index in [1.165, 1.54) is 23.1 Å². The van der Waals surface area contributed by atoms with Crippen molar-refractivity contribution in [2.24, 2.45) is 0 Å². The molecule has 1 N–H and O–H groups in total. The van der Waals surface area contributed by atoms with Gasteiger partial charge in [0, 0.05) is 11.3 Å². The molecule has 0 bridgehead atoms. The Labute approximate surface area is 225 Å². The van der Waals surface area contributed by atoms with Crippen LogP contribution in [0.3, 0.4) is 0 Å². The van der Waals surface area contributed by atoms with Gasteiger partial charge in [-0.25, -0.2) is 9.67 Å². The molecule has 1 aliphatic carbocycles. The lowest BCUT2D eigenvalue weighted by atomic mass is 10.0. The average Bonchev–Trinajstić information content (AvgIpc) is 3.44. The molecule has 11 heteroatoms. The van der Waals surface area contributed by atoms with Crippen LogP contribution >= 0.6 is 0 Å². The van der Waals surface area contributed by atoms with Crippen molar-refractivity contribution >= 4 is 11.5 Å². The second-order valence-electron chi connectivity index (χ2n) is 8.91. The molecule has 6 nitrogen and oxygen atoms in total. The fraction of sp³-hybridized carbons (Fsp3) is 0.138. The van der Waals surface area contributed by atoms with Crippen LogP contribution < -0.4 is 10.1 Å². The second-order valence-corrected chi connectivity index (χ2v) is 8.91. The predicted octanol–water partition coefficient (Wildman–Crippen LogP) is 6.96. The van der Waals surface area contributed by atoms with E-state index >= 15 is 0 Å². The molecule has 0 spiro atoms. The average molecular weight is 553 g/mol. The third kappa shape index (κ3) is 5.93. The highest BCUT2D eigenvalue weighted by Gasteiger charge is 2.61. The Morgan fingerprint density at radius 3 is 2.25 bits per heavy atom. The number of halogens is 5. The second kappa shape index (κ2) is 10.8. The predicted molar refractivity (Wildman–Crippen MR) is 138 cm³/mol. The highest BCUT2D eigenvalue weighted by atomic mass is 19.4. The Balaban J connectivity index is 1.23. The minimum Gasteiger partial charge on any atom is -0.426 e. The maximum absolute atomic E-state index is 13.1. The van der Waals surface area contributed by atoms with E-state index < -0.39 is 18.0 Å². The van der Waals surface area contributed by atoms with Crippen LogP contribution in [0, 0.1) is 0 Å². The van der Waals surface area contributed by atoms with Crippen molar-refractivity contribution in [2.75, 3.05) is 0 Å². The summed E-state index contributed by atoms with van der Waals surface area (Å²) >= 11 is 0. The summed E-state index contributed by atoms with van der Waals surface area (Å²) in [5, 5.41) is 7.31. The number of benzene rings is 3. The van der Waals surface area contributed by atoms with Gasteiger partial charge in [-0.15, -0.1) is 5.10 Å². The largest absolute Gasteiger partial charge is 0.499 e. The van der Waals surface area contributed by atoms with Crippen molar-refractivity contribution in [1.82, 2.24) is 20.1 Å². The smallest absolute Gasteiger partial charge is 0.426 e. The first-order valence-electron chi connectivity index (χ1n) is 12.1. The lowest BCUT2D eigenvalue weighted by Crippen LogP contribution is -2.41. The van der Waals surface area contributed by atoms with Crippen molar-refractivity contribution in [1.29, 1.82) is 0 Å². The third-order valence-corrected chi connectivity index (χ3v) is 6.11. The summed E-state index contributed by atoms with van der Waals surface area (Å²) in [6.45, 7) is 0. The number of allylic oxidation sites excluding steroid dienone is 4. The molecule has 204 valence electrons. The van der Waals surface area contributed by atoms with Crippen molar-refractivity contribution in [2.45, 2.75) is 25.1 Å². The molecule has 40 heavy (non-hydrogen) atoms. The summed E-state index contributed by atoms with van der Waals surface area (Å²) in [5.74, 6) is -0.447. The molecule has 3 aromatic carbocycles. The standard InChI is InChI=1S/C29H21F5N4O2/c30-28(31,32)29(33,34)40-25-15-13-24(14-16-25)38-18-35-26(37-38)20-9-11-23(12-10-20)36-27(39)22-8-4-7-21(17-22)19-5-2-1-3-6-19/h1-9,11,13-18H,10,12H2,(H,36,39). The SMILES string of the molecule is O=C(NC1=CC=C(c2ncn(-c3ccc(OC(F)(F)C(F)(F)F)cc3)n2)CC1)c1cccc(-c2ccccc2)c1. The van der Waals surface area contributed by atoms with Crippen molar-refractivity contribution in [3.63, 3.8) is 0 Å². The fourth-order valence-corrected chi connectivity index (χ4v) is 4.02. The Bertz CT molecular complexity index is 1580. The molecule has 0 radical (unpaired) electrons. The molecular weight excluding hydrogens is 531 g/mol. The number of hydrogen-bond acceptors (Lipinski definition) is 4. The molecule has 1 heterocycles. The van der Waals surface area contributed by atoms with E-state index in [2.05, 4.69) is 20.1 Å². The number of amides is 1. The van der Waals surface area contributed by atoms with Gasteiger partial charge < -0.3 is 10.1 Å². The van der Waals surface area contributed by atoms with E-state index in [-0.39, 0.29) is 5.91 Å². The van der Waals surface area contributed by atoms with Crippen LogP contribution in [0.1, 0.15) is 29.0 Å². The number of aromatic nitrogens is 3. The zero-order valence-electron chi connectivity index (χ0n) is 20.7. The Hall–Kier alpha value is -4.80. The molecule has 1 aromatic heterocycles. The number of nitrogens with one attached hydrogen (secondary N) is 1. The summed E-state index contributed by atoms with van der Waals surface area (Å²) in [5.41, 5.74) is 4.43. The van der Waals surface area contributed by atoms with Gasteiger partial charge in [0.25, 0.3) is 5.91 Å². The molecule has 0 aliphatic heterocycles. The Morgan fingerprint density at radius 2 is 1.57 bits per heavy atom. The van der Waals surface area contributed by atoms with Gasteiger partial charge in [0.2, 0.25) is 0 Å². The quantitative estimate of drug-likeness (QED) is 0.252. The van der Waals surface area contributed by atoms with Crippen LogP contribution in [0.4, 0.5) is 22.0 Å². The topological polar surface area (TPSA) is 69.0 Å². The Morgan fingerprint density at radius 1 is 0.850 bits per heavy atom. The number of carbonyl (C=O) groups is 1. The molecule has 0 saturated heterocycles. The monoisotopic (exact) mass is 552 g/mol. The van der Waals surface area contributed by atoms with E-state index in [0.29, 0.717) is 29.9 Å². The van der Waals surface area contributed by atoms with Crippen LogP contribution in [0.15, 0.2) is 103 Å². The Kier molecular flexibility index (Phi) is 7.20. The minimum absolute atomic E-state index is 0.219. The number of hydrogen-bond donors (Lipinski definition) is 1. The summed E-state index contributed by atoms with van der Waals surface area (Å²) in [6, 6.07) is 21.7. The van der Waals surface area contributed by atoms with Gasteiger partial charge in [0.05, 0.1) is 5.69 Å². The van der Waals surface area contributed by atoms with Crippen molar-refractivity contribution in [3.05, 3.63) is 114 Å². The van der Waals surface area contributed by atoms with Gasteiger partial charge in [-0.3, -0.25) is 4.79 Å². The van der Waals surface area contributed by atoms with Crippen LogP contribution in [-0.4, -0.2) is 33.0 Å². The van der Waals surface area contributed by atoms with E-state index in [4.69, 9.17) is 0 Å². The van der Waals surface area contributed by atoms with Gasteiger partial charge in [-0.05, 0) is 72.0 Å². The summed E-state index contributed by atoms with van der Waals surface area (Å²) < 4.78 is 68.4. The zero-order chi connectivity index (χ0) is 28.3. The molecule has 0 fully saturated rings. The molecule has 0 saturated carbocycles. The van der Waals surface area contributed by atoms with E-state index in [0.717, 1.165) is 34.5 Å². The number of carbonyl (C=O) groups excluding carboxylic acids is 1. The molecule has 0 atom stereocenters. The summed E-state index contributed by atoms with van der Waals surface area (Å²) in [4.78, 5) is 17.1. The zero-order valence-corrected chi connectivity index (χ0v) is 20.7. The number of ether oxygens (including phenoxy) is 1. The molecule has 1 amide bonds. The van der Waals surface area contributed by atoms with E-state index in [1.54, 1.807) is 18.2 Å². The van der Waals surface area contributed by atoms with Gasteiger partial charge in [0.15, 0.2) is 5.82 Å². The van der Waals surface area contributed by atoms with Gasteiger partial charge in [0.1, 0.15) is 12.1 Å².